The standard InChI is InChI=1S/C23H15NO/c25-23-22-19-12-18-14(9-13-5-1-2-6-16(13)18)10-15(19)11-20(22)17-7-3-4-8-21(17)24-23/h1-8,10,12H,9,11H2,(H,24,25). The summed E-state index contributed by atoms with van der Waals surface area (Å²) in [7, 11) is 0. The Morgan fingerprint density at radius 3 is 2.48 bits per heavy atom. The van der Waals surface area contributed by atoms with E-state index in [4.69, 9.17) is 0 Å². The number of hydrogen-bond donors (Lipinski definition) is 1. The molecule has 1 aromatic heterocycles. The molecule has 0 aliphatic heterocycles. The molecular formula is C23H15NO. The topological polar surface area (TPSA) is 32.9 Å². The lowest BCUT2D eigenvalue weighted by molar-refractivity contribution is 1.21. The third-order valence-electron chi connectivity index (χ3n) is 5.68. The number of rotatable bonds is 0. The minimum atomic E-state index is 0.0266. The molecule has 25 heavy (non-hydrogen) atoms. The van der Waals surface area contributed by atoms with E-state index in [9.17, 15) is 4.79 Å². The van der Waals surface area contributed by atoms with Crippen LogP contribution in [-0.4, -0.2) is 4.98 Å². The molecule has 0 unspecified atom stereocenters. The maximum absolute atomic E-state index is 12.8. The molecule has 0 fully saturated rings. The highest BCUT2D eigenvalue weighted by Crippen LogP contribution is 2.44. The van der Waals surface area contributed by atoms with Crippen LogP contribution in [0.4, 0.5) is 0 Å². The summed E-state index contributed by atoms with van der Waals surface area (Å²) in [5.41, 5.74) is 10.7. The fourth-order valence-electron chi connectivity index (χ4n) is 4.58. The van der Waals surface area contributed by atoms with Crippen molar-refractivity contribution in [3.8, 4) is 22.3 Å². The summed E-state index contributed by atoms with van der Waals surface area (Å²) < 4.78 is 0. The molecule has 2 aliphatic carbocycles. The third kappa shape index (κ3) is 1.66. The number of para-hydroxylation sites is 1. The molecule has 4 aromatic rings. The van der Waals surface area contributed by atoms with E-state index in [2.05, 4.69) is 47.4 Å². The number of H-pyrrole nitrogens is 1. The van der Waals surface area contributed by atoms with Crippen LogP contribution < -0.4 is 5.56 Å². The van der Waals surface area contributed by atoms with Crippen LogP contribution in [0, 0.1) is 0 Å². The Bertz CT molecular complexity index is 1260. The Hall–Kier alpha value is -3.13. The number of aromatic nitrogens is 1. The zero-order valence-corrected chi connectivity index (χ0v) is 13.6. The highest BCUT2D eigenvalue weighted by Gasteiger charge is 2.28. The Balaban J connectivity index is 1.67. The van der Waals surface area contributed by atoms with E-state index >= 15 is 0 Å². The Kier molecular flexibility index (Phi) is 2.37. The molecule has 0 spiro atoms. The summed E-state index contributed by atoms with van der Waals surface area (Å²) in [6.45, 7) is 0. The van der Waals surface area contributed by atoms with Crippen LogP contribution in [0.2, 0.25) is 0 Å². The second kappa shape index (κ2) is 4.48. The van der Waals surface area contributed by atoms with Gasteiger partial charge in [0.25, 0.3) is 5.56 Å². The van der Waals surface area contributed by atoms with Crippen LogP contribution in [0.1, 0.15) is 22.3 Å². The van der Waals surface area contributed by atoms with E-state index in [1.807, 2.05) is 18.2 Å². The van der Waals surface area contributed by atoms with E-state index in [1.165, 1.54) is 33.4 Å². The number of nitrogens with one attached hydrogen (secondary N) is 1. The van der Waals surface area contributed by atoms with Crippen molar-refractivity contribution in [1.82, 2.24) is 4.98 Å². The quantitative estimate of drug-likeness (QED) is 0.433. The van der Waals surface area contributed by atoms with Crippen molar-refractivity contribution in [2.24, 2.45) is 0 Å². The van der Waals surface area contributed by atoms with Crippen LogP contribution in [0.15, 0.2) is 65.5 Å². The SMILES string of the molecule is O=c1[nH]c2ccccc2c2c1-c1cc3c(cc1C2)Cc1ccccc1-3. The highest BCUT2D eigenvalue weighted by molar-refractivity contribution is 5.94. The summed E-state index contributed by atoms with van der Waals surface area (Å²) in [5, 5.41) is 1.16. The number of hydrogen-bond acceptors (Lipinski definition) is 1. The molecular weight excluding hydrogens is 306 g/mol. The maximum Gasteiger partial charge on any atom is 0.256 e. The zero-order valence-electron chi connectivity index (χ0n) is 13.6. The number of pyridine rings is 1. The first kappa shape index (κ1) is 13.2. The van der Waals surface area contributed by atoms with E-state index in [1.54, 1.807) is 0 Å². The minimum Gasteiger partial charge on any atom is -0.321 e. The van der Waals surface area contributed by atoms with Crippen LogP contribution in [-0.2, 0) is 12.8 Å². The number of fused-ring (bicyclic) bond motifs is 8. The second-order valence-corrected chi connectivity index (χ2v) is 7.03. The molecule has 1 N–H and O–H groups in total. The molecule has 6 rings (SSSR count). The first-order chi connectivity index (χ1) is 12.3. The fraction of sp³-hybridized carbons (Fsp3) is 0.0870. The molecule has 0 radical (unpaired) electrons. The lowest BCUT2D eigenvalue weighted by atomic mass is 9.98. The molecule has 0 amide bonds. The van der Waals surface area contributed by atoms with Gasteiger partial charge in [-0.05, 0) is 63.9 Å². The van der Waals surface area contributed by atoms with E-state index in [0.29, 0.717) is 0 Å². The lowest BCUT2D eigenvalue weighted by Gasteiger charge is -2.07. The van der Waals surface area contributed by atoms with Crippen LogP contribution in [0.25, 0.3) is 33.2 Å². The summed E-state index contributed by atoms with van der Waals surface area (Å²) in [5.74, 6) is 0. The van der Waals surface area contributed by atoms with Gasteiger partial charge in [0.2, 0.25) is 0 Å². The maximum atomic E-state index is 12.8. The first-order valence-electron chi connectivity index (χ1n) is 8.68. The van der Waals surface area contributed by atoms with Crippen molar-refractivity contribution < 1.29 is 0 Å². The largest absolute Gasteiger partial charge is 0.321 e. The molecule has 118 valence electrons. The van der Waals surface area contributed by atoms with Gasteiger partial charge in [0.1, 0.15) is 0 Å². The molecule has 0 atom stereocenters. The van der Waals surface area contributed by atoms with Crippen molar-refractivity contribution in [2.45, 2.75) is 12.8 Å². The van der Waals surface area contributed by atoms with Crippen LogP contribution >= 0.6 is 0 Å². The normalized spacial score (nSPS) is 13.4. The van der Waals surface area contributed by atoms with Crippen molar-refractivity contribution in [1.29, 1.82) is 0 Å². The van der Waals surface area contributed by atoms with Crippen molar-refractivity contribution in [2.75, 3.05) is 0 Å². The summed E-state index contributed by atoms with van der Waals surface area (Å²) in [6, 6.07) is 21.3. The minimum absolute atomic E-state index is 0.0266. The van der Waals surface area contributed by atoms with Gasteiger partial charge >= 0.3 is 0 Å². The van der Waals surface area contributed by atoms with Crippen LogP contribution in [0.5, 0.6) is 0 Å². The summed E-state index contributed by atoms with van der Waals surface area (Å²) >= 11 is 0. The zero-order chi connectivity index (χ0) is 16.5. The average molecular weight is 321 g/mol. The Labute approximate surface area is 144 Å². The van der Waals surface area contributed by atoms with E-state index in [-0.39, 0.29) is 5.56 Å². The Morgan fingerprint density at radius 1 is 0.720 bits per heavy atom. The first-order valence-corrected chi connectivity index (χ1v) is 8.68. The molecule has 2 nitrogen and oxygen atoms in total. The predicted octanol–water partition coefficient (Wildman–Crippen LogP) is 4.67. The monoisotopic (exact) mass is 321 g/mol. The van der Waals surface area contributed by atoms with Gasteiger partial charge in [-0.3, -0.25) is 4.79 Å². The van der Waals surface area contributed by atoms with Crippen molar-refractivity contribution in [3.05, 3.63) is 93.3 Å². The van der Waals surface area contributed by atoms with Gasteiger partial charge < -0.3 is 4.98 Å². The molecule has 2 heteroatoms. The van der Waals surface area contributed by atoms with Gasteiger partial charge in [0.15, 0.2) is 0 Å². The molecule has 0 bridgehead atoms. The number of aromatic amines is 1. The molecule has 2 aliphatic rings. The molecule has 3 aromatic carbocycles. The second-order valence-electron chi connectivity index (χ2n) is 7.03. The van der Waals surface area contributed by atoms with Gasteiger partial charge in [-0.15, -0.1) is 0 Å². The average Bonchev–Trinajstić information content (AvgIpc) is 3.18. The fourth-order valence-corrected chi connectivity index (χ4v) is 4.58. The third-order valence-corrected chi connectivity index (χ3v) is 5.68. The van der Waals surface area contributed by atoms with Crippen molar-refractivity contribution >= 4 is 10.9 Å². The smallest absolute Gasteiger partial charge is 0.256 e. The van der Waals surface area contributed by atoms with E-state index < -0.39 is 0 Å². The van der Waals surface area contributed by atoms with E-state index in [0.717, 1.165) is 34.9 Å². The summed E-state index contributed by atoms with van der Waals surface area (Å²) in [6.07, 6.45) is 1.84. The van der Waals surface area contributed by atoms with Gasteiger partial charge in [0.05, 0.1) is 5.56 Å². The number of benzene rings is 3. The summed E-state index contributed by atoms with van der Waals surface area (Å²) in [4.78, 5) is 15.8. The Morgan fingerprint density at radius 2 is 1.52 bits per heavy atom. The van der Waals surface area contributed by atoms with Crippen molar-refractivity contribution in [3.63, 3.8) is 0 Å². The van der Waals surface area contributed by atoms with Gasteiger partial charge in [-0.25, -0.2) is 0 Å². The van der Waals surface area contributed by atoms with Gasteiger partial charge in [-0.2, -0.15) is 0 Å². The molecule has 1 heterocycles. The predicted molar refractivity (Wildman–Crippen MR) is 101 cm³/mol. The molecule has 0 saturated heterocycles. The van der Waals surface area contributed by atoms with Crippen LogP contribution in [0.3, 0.4) is 0 Å². The lowest BCUT2D eigenvalue weighted by Crippen LogP contribution is -2.09. The van der Waals surface area contributed by atoms with Gasteiger partial charge in [0, 0.05) is 10.9 Å². The molecule has 0 saturated carbocycles. The van der Waals surface area contributed by atoms with Gasteiger partial charge in [-0.1, -0.05) is 48.5 Å². The highest BCUT2D eigenvalue weighted by atomic mass is 16.1.